The number of hydrogen-bond donors (Lipinski definition) is 1. The lowest BCUT2D eigenvalue weighted by Crippen LogP contribution is -2.31. The summed E-state index contributed by atoms with van der Waals surface area (Å²) in [4.78, 5) is 0. The lowest BCUT2D eigenvalue weighted by atomic mass is 10.1. The highest BCUT2D eigenvalue weighted by Crippen LogP contribution is 2.30. The summed E-state index contributed by atoms with van der Waals surface area (Å²) >= 11 is 4.29. The first-order valence-corrected chi connectivity index (χ1v) is 8.51. The third-order valence-electron chi connectivity index (χ3n) is 3.51. The van der Waals surface area contributed by atoms with Gasteiger partial charge in [-0.05, 0) is 55.4 Å². The number of hydrogen-bond acceptors (Lipinski definition) is 3. The van der Waals surface area contributed by atoms with Crippen LogP contribution < -0.4 is 5.32 Å². The van der Waals surface area contributed by atoms with Gasteiger partial charge in [0, 0.05) is 11.3 Å². The first-order valence-electron chi connectivity index (χ1n) is 6.31. The molecule has 0 aromatic heterocycles. The van der Waals surface area contributed by atoms with E-state index in [9.17, 15) is 0 Å². The highest BCUT2D eigenvalue weighted by atomic mass is 32.2. The van der Waals surface area contributed by atoms with Crippen molar-refractivity contribution >= 4 is 23.5 Å². The molecule has 2 rings (SSSR count). The monoisotopic (exact) mass is 245 g/mol. The van der Waals surface area contributed by atoms with Crippen LogP contribution in [0.15, 0.2) is 0 Å². The van der Waals surface area contributed by atoms with E-state index >= 15 is 0 Å². The first-order chi connectivity index (χ1) is 7.38. The van der Waals surface area contributed by atoms with E-state index in [1.165, 1.54) is 49.5 Å². The Kier molecular flexibility index (Phi) is 5.18. The van der Waals surface area contributed by atoms with Crippen molar-refractivity contribution in [2.75, 3.05) is 23.8 Å². The molecule has 1 nitrogen and oxygen atoms in total. The van der Waals surface area contributed by atoms with Crippen molar-refractivity contribution in [3.8, 4) is 0 Å². The molecular formula is C12H23NS2. The third-order valence-corrected chi connectivity index (χ3v) is 5.97. The van der Waals surface area contributed by atoms with Crippen molar-refractivity contribution in [2.24, 2.45) is 5.92 Å². The smallest absolute Gasteiger partial charge is 0.00781 e. The van der Waals surface area contributed by atoms with Crippen LogP contribution in [0.5, 0.6) is 0 Å². The van der Waals surface area contributed by atoms with Crippen molar-refractivity contribution in [2.45, 2.75) is 43.9 Å². The highest BCUT2D eigenvalue weighted by molar-refractivity contribution is 7.99. The van der Waals surface area contributed by atoms with Crippen molar-refractivity contribution < 1.29 is 0 Å². The Hall–Kier alpha value is 0.660. The van der Waals surface area contributed by atoms with Gasteiger partial charge >= 0.3 is 0 Å². The van der Waals surface area contributed by atoms with Crippen LogP contribution in [0.2, 0.25) is 0 Å². The number of nitrogens with one attached hydrogen (secondary N) is 1. The number of rotatable bonds is 5. The van der Waals surface area contributed by atoms with Gasteiger partial charge in [-0.3, -0.25) is 0 Å². The minimum absolute atomic E-state index is 0.833. The largest absolute Gasteiger partial charge is 0.314 e. The molecule has 0 aromatic rings. The fourth-order valence-electron chi connectivity index (χ4n) is 2.59. The van der Waals surface area contributed by atoms with Gasteiger partial charge in [0.2, 0.25) is 0 Å². The van der Waals surface area contributed by atoms with Gasteiger partial charge in [-0.25, -0.2) is 0 Å². The summed E-state index contributed by atoms with van der Waals surface area (Å²) in [5, 5.41) is 4.73. The Labute approximate surface area is 103 Å². The maximum atomic E-state index is 3.79. The van der Waals surface area contributed by atoms with Crippen LogP contribution in [0.1, 0.15) is 32.6 Å². The van der Waals surface area contributed by atoms with E-state index in [4.69, 9.17) is 0 Å². The van der Waals surface area contributed by atoms with Crippen LogP contribution in [-0.2, 0) is 0 Å². The van der Waals surface area contributed by atoms with Gasteiger partial charge in [0.05, 0.1) is 0 Å². The Bertz CT molecular complexity index is 180. The Morgan fingerprint density at radius 3 is 3.00 bits per heavy atom. The van der Waals surface area contributed by atoms with Crippen LogP contribution in [-0.4, -0.2) is 35.1 Å². The third kappa shape index (κ3) is 3.86. The average Bonchev–Trinajstić information content (AvgIpc) is 2.85. The van der Waals surface area contributed by atoms with Gasteiger partial charge in [0.1, 0.15) is 0 Å². The average molecular weight is 245 g/mol. The van der Waals surface area contributed by atoms with Crippen molar-refractivity contribution in [1.29, 1.82) is 0 Å². The molecule has 1 heterocycles. The predicted octanol–water partition coefficient (Wildman–Crippen LogP) is 3.00. The molecule has 0 unspecified atom stereocenters. The molecule has 0 amide bonds. The molecule has 88 valence electrons. The Balaban J connectivity index is 1.59. The van der Waals surface area contributed by atoms with Gasteiger partial charge in [0.15, 0.2) is 0 Å². The van der Waals surface area contributed by atoms with Gasteiger partial charge < -0.3 is 5.32 Å². The van der Waals surface area contributed by atoms with Crippen LogP contribution in [0.3, 0.4) is 0 Å². The molecule has 15 heavy (non-hydrogen) atoms. The second-order valence-electron chi connectivity index (χ2n) is 4.73. The zero-order chi connectivity index (χ0) is 10.5. The molecule has 3 heteroatoms. The second kappa shape index (κ2) is 6.41. The lowest BCUT2D eigenvalue weighted by molar-refractivity contribution is 0.455. The van der Waals surface area contributed by atoms with E-state index in [2.05, 4.69) is 35.8 Å². The van der Waals surface area contributed by atoms with Crippen LogP contribution in [0.4, 0.5) is 0 Å². The zero-order valence-corrected chi connectivity index (χ0v) is 11.3. The summed E-state index contributed by atoms with van der Waals surface area (Å²) < 4.78 is 0. The fourth-order valence-corrected chi connectivity index (χ4v) is 5.02. The molecule has 0 bridgehead atoms. The molecule has 1 aliphatic heterocycles. The molecule has 0 aromatic carbocycles. The maximum Gasteiger partial charge on any atom is 0.00781 e. The van der Waals surface area contributed by atoms with E-state index < -0.39 is 0 Å². The summed E-state index contributed by atoms with van der Waals surface area (Å²) in [5.74, 6) is 5.04. The molecule has 2 aliphatic rings. The molecule has 2 fully saturated rings. The topological polar surface area (TPSA) is 12.0 Å². The van der Waals surface area contributed by atoms with Crippen LogP contribution >= 0.6 is 23.5 Å². The molecule has 1 N–H and O–H groups in total. The summed E-state index contributed by atoms with van der Waals surface area (Å²) in [7, 11) is 0. The second-order valence-corrected chi connectivity index (χ2v) is 7.45. The van der Waals surface area contributed by atoms with E-state index in [0.29, 0.717) is 0 Å². The lowest BCUT2D eigenvalue weighted by Gasteiger charge is -2.16. The number of thioether (sulfide) groups is 2. The van der Waals surface area contributed by atoms with E-state index in [1.54, 1.807) is 0 Å². The standard InChI is InChI=1S/C12H23NS2/c1-2-15-12-4-3-11(7-12)13-8-10-5-6-14-9-10/h10-13H,2-9H2,1H3/t10-,11-,12+/m0/s1. The Morgan fingerprint density at radius 2 is 2.27 bits per heavy atom. The molecule has 1 saturated carbocycles. The summed E-state index contributed by atoms with van der Waals surface area (Å²) in [6, 6.07) is 0.833. The minimum atomic E-state index is 0.833. The molecule has 0 radical (unpaired) electrons. The van der Waals surface area contributed by atoms with Gasteiger partial charge in [-0.15, -0.1) is 0 Å². The van der Waals surface area contributed by atoms with E-state index in [1.807, 2.05) is 0 Å². The highest BCUT2D eigenvalue weighted by Gasteiger charge is 2.25. The Morgan fingerprint density at radius 1 is 1.33 bits per heavy atom. The predicted molar refractivity (Wildman–Crippen MR) is 73.0 cm³/mol. The normalized spacial score (nSPS) is 36.2. The van der Waals surface area contributed by atoms with Crippen molar-refractivity contribution in [3.05, 3.63) is 0 Å². The first kappa shape index (κ1) is 12.1. The maximum absolute atomic E-state index is 3.79. The van der Waals surface area contributed by atoms with Crippen molar-refractivity contribution in [1.82, 2.24) is 5.32 Å². The fraction of sp³-hybridized carbons (Fsp3) is 1.00. The SMILES string of the molecule is CCS[C@@H]1CC[C@H](NC[C@@H]2CCSC2)C1. The van der Waals surface area contributed by atoms with Crippen molar-refractivity contribution in [3.63, 3.8) is 0 Å². The molecule has 3 atom stereocenters. The quantitative estimate of drug-likeness (QED) is 0.800. The summed E-state index contributed by atoms with van der Waals surface area (Å²) in [6.45, 7) is 3.56. The van der Waals surface area contributed by atoms with E-state index in [-0.39, 0.29) is 0 Å². The minimum Gasteiger partial charge on any atom is -0.314 e. The van der Waals surface area contributed by atoms with E-state index in [0.717, 1.165) is 17.2 Å². The van der Waals surface area contributed by atoms with Gasteiger partial charge in [-0.1, -0.05) is 6.92 Å². The van der Waals surface area contributed by atoms with Crippen LogP contribution in [0, 0.1) is 5.92 Å². The molecule has 0 spiro atoms. The molecular weight excluding hydrogens is 222 g/mol. The zero-order valence-electron chi connectivity index (χ0n) is 9.71. The van der Waals surface area contributed by atoms with Gasteiger partial charge in [-0.2, -0.15) is 23.5 Å². The van der Waals surface area contributed by atoms with Crippen LogP contribution in [0.25, 0.3) is 0 Å². The molecule has 1 saturated heterocycles. The molecule has 1 aliphatic carbocycles. The summed E-state index contributed by atoms with van der Waals surface area (Å²) in [5.41, 5.74) is 0. The van der Waals surface area contributed by atoms with Gasteiger partial charge in [0.25, 0.3) is 0 Å². The summed E-state index contributed by atoms with van der Waals surface area (Å²) in [6.07, 6.45) is 5.71.